The third-order valence-electron chi connectivity index (χ3n) is 3.53. The summed E-state index contributed by atoms with van der Waals surface area (Å²) in [6.07, 6.45) is 1.19. The molecule has 1 aliphatic carbocycles. The molecule has 106 valence electrons. The van der Waals surface area contributed by atoms with E-state index in [0.717, 1.165) is 0 Å². The Bertz CT molecular complexity index is 817. The normalized spacial score (nSPS) is 13.9. The first-order chi connectivity index (χ1) is 10.1. The Balaban J connectivity index is 2.40. The number of ether oxygens (including phenoxy) is 2. The Kier molecular flexibility index (Phi) is 2.90. The third-order valence-corrected chi connectivity index (χ3v) is 3.53. The first-order valence-corrected chi connectivity index (χ1v) is 6.26. The van der Waals surface area contributed by atoms with E-state index in [2.05, 4.69) is 0 Å². The summed E-state index contributed by atoms with van der Waals surface area (Å²) in [5.74, 6) is -0.390. The van der Waals surface area contributed by atoms with Gasteiger partial charge in [0.2, 0.25) is 5.78 Å². The Labute approximate surface area is 120 Å². The molecule has 1 aliphatic rings. The fraction of sp³-hybridized carbons (Fsp3) is 0.125. The van der Waals surface area contributed by atoms with Crippen molar-refractivity contribution in [2.24, 2.45) is 0 Å². The van der Waals surface area contributed by atoms with E-state index < -0.39 is 0 Å². The zero-order valence-corrected chi connectivity index (χ0v) is 11.5. The average molecular weight is 284 g/mol. The van der Waals surface area contributed by atoms with Crippen molar-refractivity contribution in [3.05, 3.63) is 47.2 Å². The number of carbonyl (C=O) groups is 2. The first-order valence-electron chi connectivity index (χ1n) is 6.26. The van der Waals surface area contributed by atoms with Gasteiger partial charge in [-0.05, 0) is 29.7 Å². The van der Waals surface area contributed by atoms with Crippen molar-refractivity contribution in [3.63, 3.8) is 0 Å². The molecule has 0 atom stereocenters. The van der Waals surface area contributed by atoms with Gasteiger partial charge >= 0.3 is 0 Å². The maximum Gasteiger partial charge on any atom is 0.229 e. The number of hydrogen-bond donors (Lipinski definition) is 1. The zero-order valence-electron chi connectivity index (χ0n) is 11.5. The third kappa shape index (κ3) is 1.78. The van der Waals surface area contributed by atoms with Gasteiger partial charge in [-0.15, -0.1) is 0 Å². The quantitative estimate of drug-likeness (QED) is 0.917. The largest absolute Gasteiger partial charge is 0.504 e. The number of rotatable bonds is 2. The highest BCUT2D eigenvalue weighted by Gasteiger charge is 2.29. The molecule has 0 unspecified atom stereocenters. The van der Waals surface area contributed by atoms with Crippen molar-refractivity contribution in [3.8, 4) is 11.5 Å². The molecule has 0 saturated heterocycles. The van der Waals surface area contributed by atoms with Crippen molar-refractivity contribution in [1.82, 2.24) is 0 Å². The van der Waals surface area contributed by atoms with Crippen molar-refractivity contribution in [1.29, 1.82) is 0 Å². The van der Waals surface area contributed by atoms with Crippen LogP contribution in [0.4, 0.5) is 0 Å². The number of methoxy groups -OCH3 is 2. The SMILES string of the molecule is COC1=CC(=O)c2ccc3c(OC)c(O)ccc3c2C1=O. The van der Waals surface area contributed by atoms with Gasteiger partial charge in [-0.3, -0.25) is 9.59 Å². The van der Waals surface area contributed by atoms with E-state index in [1.165, 1.54) is 26.4 Å². The van der Waals surface area contributed by atoms with Gasteiger partial charge in [0.25, 0.3) is 0 Å². The molecule has 0 bridgehead atoms. The molecule has 0 spiro atoms. The van der Waals surface area contributed by atoms with Crippen LogP contribution < -0.4 is 4.74 Å². The number of fused-ring (bicyclic) bond motifs is 3. The van der Waals surface area contributed by atoms with Gasteiger partial charge in [-0.25, -0.2) is 0 Å². The predicted octanol–water partition coefficient (Wildman–Crippen LogP) is 2.46. The summed E-state index contributed by atoms with van der Waals surface area (Å²) >= 11 is 0. The van der Waals surface area contributed by atoms with Crippen LogP contribution in [-0.4, -0.2) is 30.9 Å². The van der Waals surface area contributed by atoms with Crippen LogP contribution in [0, 0.1) is 0 Å². The second-order valence-electron chi connectivity index (χ2n) is 4.61. The monoisotopic (exact) mass is 284 g/mol. The van der Waals surface area contributed by atoms with Gasteiger partial charge in [0.15, 0.2) is 23.0 Å². The van der Waals surface area contributed by atoms with Gasteiger partial charge in [0.05, 0.1) is 14.2 Å². The van der Waals surface area contributed by atoms with Gasteiger partial charge < -0.3 is 14.6 Å². The topological polar surface area (TPSA) is 72.8 Å². The highest BCUT2D eigenvalue weighted by molar-refractivity contribution is 6.28. The molecule has 21 heavy (non-hydrogen) atoms. The lowest BCUT2D eigenvalue weighted by Gasteiger charge is -2.17. The van der Waals surface area contributed by atoms with Crippen LogP contribution in [0.25, 0.3) is 10.8 Å². The molecule has 0 aliphatic heterocycles. The van der Waals surface area contributed by atoms with Crippen LogP contribution in [0.2, 0.25) is 0 Å². The molecule has 3 rings (SSSR count). The standard InChI is InChI=1S/C16H12O5/c1-20-13-7-12(18)10-4-3-9-8(14(10)15(13)19)5-6-11(17)16(9)21-2/h3-7,17H,1-2H3. The van der Waals surface area contributed by atoms with Crippen molar-refractivity contribution >= 4 is 22.3 Å². The van der Waals surface area contributed by atoms with Crippen molar-refractivity contribution < 1.29 is 24.2 Å². The number of benzene rings is 2. The highest BCUT2D eigenvalue weighted by atomic mass is 16.5. The zero-order chi connectivity index (χ0) is 15.1. The molecule has 2 aromatic carbocycles. The number of hydrogen-bond acceptors (Lipinski definition) is 5. The number of allylic oxidation sites excluding steroid dienone is 2. The number of phenols is 1. The lowest BCUT2D eigenvalue weighted by Crippen LogP contribution is -2.18. The summed E-state index contributed by atoms with van der Waals surface area (Å²) in [7, 11) is 2.78. The molecule has 0 aromatic heterocycles. The summed E-state index contributed by atoms with van der Waals surface area (Å²) in [5.41, 5.74) is 0.594. The minimum atomic E-state index is -0.356. The van der Waals surface area contributed by atoms with E-state index in [9.17, 15) is 14.7 Å². The molecular formula is C16H12O5. The molecule has 0 fully saturated rings. The maximum absolute atomic E-state index is 12.4. The van der Waals surface area contributed by atoms with Gasteiger partial charge in [-0.1, -0.05) is 0 Å². The van der Waals surface area contributed by atoms with Crippen LogP contribution in [-0.2, 0) is 4.74 Å². The second kappa shape index (κ2) is 4.63. The summed E-state index contributed by atoms with van der Waals surface area (Å²) in [5, 5.41) is 10.9. The van der Waals surface area contributed by atoms with E-state index in [0.29, 0.717) is 16.3 Å². The van der Waals surface area contributed by atoms with Gasteiger partial charge in [0, 0.05) is 22.6 Å². The van der Waals surface area contributed by atoms with E-state index in [4.69, 9.17) is 9.47 Å². The van der Waals surface area contributed by atoms with E-state index in [1.807, 2.05) is 0 Å². The summed E-state index contributed by atoms with van der Waals surface area (Å²) < 4.78 is 10.1. The maximum atomic E-state index is 12.4. The summed E-state index contributed by atoms with van der Waals surface area (Å²) in [6.45, 7) is 0. The summed E-state index contributed by atoms with van der Waals surface area (Å²) in [6, 6.07) is 6.24. The number of Topliss-reactive ketones (excluding diaryl/α,β-unsaturated/α-hetero) is 1. The van der Waals surface area contributed by atoms with Crippen LogP contribution >= 0.6 is 0 Å². The van der Waals surface area contributed by atoms with Crippen LogP contribution in [0.15, 0.2) is 36.1 Å². The fourth-order valence-electron chi connectivity index (χ4n) is 2.57. The number of ketones is 2. The molecule has 2 aromatic rings. The fourth-order valence-corrected chi connectivity index (χ4v) is 2.57. The Morgan fingerprint density at radius 2 is 1.67 bits per heavy atom. The lowest BCUT2D eigenvalue weighted by atomic mass is 9.88. The van der Waals surface area contributed by atoms with Crippen LogP contribution in [0.3, 0.4) is 0 Å². The second-order valence-corrected chi connectivity index (χ2v) is 4.61. The first kappa shape index (κ1) is 13.2. The van der Waals surface area contributed by atoms with Crippen molar-refractivity contribution in [2.75, 3.05) is 14.2 Å². The van der Waals surface area contributed by atoms with Gasteiger partial charge in [-0.2, -0.15) is 0 Å². The molecule has 0 amide bonds. The Hall–Kier alpha value is -2.82. The number of phenolic OH excluding ortho intramolecular Hbond substituents is 1. The lowest BCUT2D eigenvalue weighted by molar-refractivity contribution is 0.0918. The van der Waals surface area contributed by atoms with Gasteiger partial charge in [0.1, 0.15) is 0 Å². The minimum Gasteiger partial charge on any atom is -0.504 e. The molecule has 5 heteroatoms. The molecule has 0 radical (unpaired) electrons. The summed E-state index contributed by atoms with van der Waals surface area (Å²) in [4.78, 5) is 24.5. The average Bonchev–Trinajstić information content (AvgIpc) is 2.49. The molecule has 0 saturated carbocycles. The Morgan fingerprint density at radius 3 is 2.33 bits per heavy atom. The van der Waals surface area contributed by atoms with Crippen LogP contribution in [0.5, 0.6) is 11.5 Å². The molecule has 1 N–H and O–H groups in total. The van der Waals surface area contributed by atoms with E-state index in [1.54, 1.807) is 18.2 Å². The number of carbonyl (C=O) groups excluding carboxylic acids is 2. The number of aromatic hydroxyl groups is 1. The molecule has 5 nitrogen and oxygen atoms in total. The smallest absolute Gasteiger partial charge is 0.229 e. The minimum absolute atomic E-state index is 0.00652. The van der Waals surface area contributed by atoms with E-state index in [-0.39, 0.29) is 34.4 Å². The molecule has 0 heterocycles. The highest BCUT2D eigenvalue weighted by Crippen LogP contribution is 2.38. The molecular weight excluding hydrogens is 272 g/mol. The van der Waals surface area contributed by atoms with Crippen molar-refractivity contribution in [2.45, 2.75) is 0 Å². The van der Waals surface area contributed by atoms with E-state index >= 15 is 0 Å². The Morgan fingerprint density at radius 1 is 0.952 bits per heavy atom. The van der Waals surface area contributed by atoms with Crippen LogP contribution in [0.1, 0.15) is 20.7 Å². The predicted molar refractivity (Wildman–Crippen MR) is 75.9 cm³/mol.